The van der Waals surface area contributed by atoms with Crippen molar-refractivity contribution < 1.29 is 4.79 Å². The summed E-state index contributed by atoms with van der Waals surface area (Å²) in [7, 11) is 0. The Balaban J connectivity index is 1.53. The molecular formula is C12H11N5OS2. The van der Waals surface area contributed by atoms with Gasteiger partial charge in [0.15, 0.2) is 5.16 Å². The van der Waals surface area contributed by atoms with Crippen LogP contribution in [-0.4, -0.2) is 38.4 Å². The second-order valence-electron chi connectivity index (χ2n) is 3.93. The fourth-order valence-corrected chi connectivity index (χ4v) is 2.97. The molecule has 0 radical (unpaired) electrons. The summed E-state index contributed by atoms with van der Waals surface area (Å²) in [5, 5.41) is 10.1. The maximum absolute atomic E-state index is 12.0. The highest BCUT2D eigenvalue weighted by Crippen LogP contribution is 2.18. The summed E-state index contributed by atoms with van der Waals surface area (Å²) < 4.78 is 1.09. The molecule has 0 saturated heterocycles. The van der Waals surface area contributed by atoms with Crippen LogP contribution in [0, 0.1) is 0 Å². The highest BCUT2D eigenvalue weighted by molar-refractivity contribution is 7.99. The summed E-state index contributed by atoms with van der Waals surface area (Å²) in [6.45, 7) is 0.569. The van der Waals surface area contributed by atoms with E-state index < -0.39 is 0 Å². The zero-order chi connectivity index (χ0) is 13.8. The van der Waals surface area contributed by atoms with Gasteiger partial charge in [0.25, 0.3) is 5.91 Å². The Kier molecular flexibility index (Phi) is 3.93. The maximum atomic E-state index is 12.0. The number of fused-ring (bicyclic) bond motifs is 1. The van der Waals surface area contributed by atoms with Crippen molar-refractivity contribution in [3.63, 3.8) is 0 Å². The van der Waals surface area contributed by atoms with E-state index in [9.17, 15) is 4.79 Å². The van der Waals surface area contributed by atoms with E-state index in [1.165, 1.54) is 18.1 Å². The summed E-state index contributed by atoms with van der Waals surface area (Å²) in [6.07, 6.45) is 1.46. The van der Waals surface area contributed by atoms with Gasteiger partial charge in [-0.3, -0.25) is 9.89 Å². The number of aromatic nitrogens is 4. The molecule has 8 heteroatoms. The molecule has 0 aliphatic carbocycles. The number of thiazole rings is 1. The molecule has 0 aliphatic heterocycles. The Bertz CT molecular complexity index is 710. The summed E-state index contributed by atoms with van der Waals surface area (Å²) in [6, 6.07) is 5.55. The molecule has 2 N–H and O–H groups in total. The fourth-order valence-electron chi connectivity index (χ4n) is 1.68. The molecule has 0 bridgehead atoms. The number of nitrogens with one attached hydrogen (secondary N) is 2. The smallest absolute Gasteiger partial charge is 0.251 e. The fraction of sp³-hybridized carbons (Fsp3) is 0.167. The Labute approximate surface area is 123 Å². The van der Waals surface area contributed by atoms with Crippen molar-refractivity contribution in [1.29, 1.82) is 0 Å². The number of thioether (sulfide) groups is 1. The van der Waals surface area contributed by atoms with E-state index in [0.29, 0.717) is 12.1 Å². The Morgan fingerprint density at radius 2 is 2.35 bits per heavy atom. The van der Waals surface area contributed by atoms with E-state index in [4.69, 9.17) is 0 Å². The lowest BCUT2D eigenvalue weighted by Gasteiger charge is -2.04. The van der Waals surface area contributed by atoms with Crippen molar-refractivity contribution in [2.75, 3.05) is 12.3 Å². The molecule has 2 heterocycles. The van der Waals surface area contributed by atoms with Crippen LogP contribution in [0.3, 0.4) is 0 Å². The summed E-state index contributed by atoms with van der Waals surface area (Å²) in [5.41, 5.74) is 3.27. The van der Waals surface area contributed by atoms with Crippen LogP contribution in [-0.2, 0) is 0 Å². The van der Waals surface area contributed by atoms with Crippen molar-refractivity contribution in [3.05, 3.63) is 35.6 Å². The van der Waals surface area contributed by atoms with Crippen molar-refractivity contribution in [2.24, 2.45) is 0 Å². The van der Waals surface area contributed by atoms with Crippen LogP contribution in [0.2, 0.25) is 0 Å². The first-order valence-electron chi connectivity index (χ1n) is 5.92. The molecule has 20 heavy (non-hydrogen) atoms. The van der Waals surface area contributed by atoms with E-state index in [1.807, 2.05) is 18.2 Å². The van der Waals surface area contributed by atoms with E-state index in [-0.39, 0.29) is 5.91 Å². The van der Waals surface area contributed by atoms with Gasteiger partial charge in [-0.05, 0) is 18.2 Å². The third kappa shape index (κ3) is 2.97. The van der Waals surface area contributed by atoms with Crippen LogP contribution < -0.4 is 5.32 Å². The van der Waals surface area contributed by atoms with Crippen LogP contribution in [0.25, 0.3) is 10.2 Å². The van der Waals surface area contributed by atoms with Gasteiger partial charge in [0.2, 0.25) is 0 Å². The van der Waals surface area contributed by atoms with E-state index in [1.54, 1.807) is 16.8 Å². The zero-order valence-corrected chi connectivity index (χ0v) is 12.0. The quantitative estimate of drug-likeness (QED) is 0.556. The minimum atomic E-state index is -0.0851. The van der Waals surface area contributed by atoms with Crippen LogP contribution in [0.5, 0.6) is 0 Å². The number of amides is 1. The maximum Gasteiger partial charge on any atom is 0.251 e. The van der Waals surface area contributed by atoms with Gasteiger partial charge >= 0.3 is 0 Å². The predicted octanol–water partition coefficient (Wildman–Crippen LogP) is 1.94. The second-order valence-corrected chi connectivity index (χ2v) is 5.90. The van der Waals surface area contributed by atoms with Gasteiger partial charge in [-0.15, -0.1) is 11.3 Å². The van der Waals surface area contributed by atoms with Gasteiger partial charge in [0.05, 0.1) is 15.7 Å². The standard InChI is InChI=1S/C12H11N5OS2/c18-11(13-3-4-19-12-14-6-16-17-12)8-1-2-10-9(5-8)15-7-20-10/h1-2,5-7H,3-4H2,(H,13,18)(H,14,16,17). The highest BCUT2D eigenvalue weighted by Gasteiger charge is 2.07. The third-order valence-corrected chi connectivity index (χ3v) is 4.30. The van der Waals surface area contributed by atoms with Crippen molar-refractivity contribution in [2.45, 2.75) is 5.16 Å². The lowest BCUT2D eigenvalue weighted by molar-refractivity contribution is 0.0956. The molecule has 0 aliphatic rings. The number of aromatic amines is 1. The van der Waals surface area contributed by atoms with Crippen molar-refractivity contribution >= 4 is 39.2 Å². The van der Waals surface area contributed by atoms with Crippen LogP contribution in [0.4, 0.5) is 0 Å². The van der Waals surface area contributed by atoms with Gasteiger partial charge in [0, 0.05) is 17.9 Å². The van der Waals surface area contributed by atoms with Crippen molar-refractivity contribution in [3.8, 4) is 0 Å². The summed E-state index contributed by atoms with van der Waals surface area (Å²) in [5.74, 6) is 0.651. The van der Waals surface area contributed by atoms with Crippen LogP contribution in [0.1, 0.15) is 10.4 Å². The molecule has 0 fully saturated rings. The second kappa shape index (κ2) is 6.02. The molecule has 0 unspecified atom stereocenters. The van der Waals surface area contributed by atoms with E-state index in [0.717, 1.165) is 21.1 Å². The molecule has 102 valence electrons. The van der Waals surface area contributed by atoms with E-state index >= 15 is 0 Å². The Morgan fingerprint density at radius 1 is 1.40 bits per heavy atom. The van der Waals surface area contributed by atoms with Crippen molar-refractivity contribution in [1.82, 2.24) is 25.5 Å². The number of rotatable bonds is 5. The minimum absolute atomic E-state index is 0.0851. The largest absolute Gasteiger partial charge is 0.351 e. The minimum Gasteiger partial charge on any atom is -0.351 e. The average molecular weight is 305 g/mol. The Morgan fingerprint density at radius 3 is 3.20 bits per heavy atom. The predicted molar refractivity (Wildman–Crippen MR) is 79.1 cm³/mol. The summed E-state index contributed by atoms with van der Waals surface area (Å²) in [4.78, 5) is 20.2. The molecule has 3 rings (SSSR count). The number of carbonyl (C=O) groups excluding carboxylic acids is 1. The molecule has 0 atom stereocenters. The summed E-state index contributed by atoms with van der Waals surface area (Å²) >= 11 is 3.08. The normalized spacial score (nSPS) is 10.8. The SMILES string of the molecule is O=C(NCCSc1ncn[nH]1)c1ccc2scnc2c1. The number of nitrogens with zero attached hydrogens (tertiary/aromatic N) is 3. The van der Waals surface area contributed by atoms with Crippen LogP contribution in [0.15, 0.2) is 35.2 Å². The average Bonchev–Trinajstić information content (AvgIpc) is 3.13. The lowest BCUT2D eigenvalue weighted by atomic mass is 10.2. The molecule has 2 aromatic heterocycles. The monoisotopic (exact) mass is 305 g/mol. The van der Waals surface area contributed by atoms with Gasteiger partial charge in [-0.25, -0.2) is 9.97 Å². The van der Waals surface area contributed by atoms with Gasteiger partial charge in [-0.1, -0.05) is 11.8 Å². The molecular weight excluding hydrogens is 294 g/mol. The topological polar surface area (TPSA) is 83.6 Å². The van der Waals surface area contributed by atoms with E-state index in [2.05, 4.69) is 25.5 Å². The number of hydrogen-bond donors (Lipinski definition) is 2. The number of carbonyl (C=O) groups is 1. The van der Waals surface area contributed by atoms with Gasteiger partial charge in [0.1, 0.15) is 6.33 Å². The third-order valence-electron chi connectivity index (χ3n) is 2.61. The highest BCUT2D eigenvalue weighted by atomic mass is 32.2. The molecule has 0 saturated carbocycles. The molecule has 1 aromatic carbocycles. The molecule has 0 spiro atoms. The first kappa shape index (κ1) is 13.1. The first-order chi connectivity index (χ1) is 9.83. The first-order valence-corrected chi connectivity index (χ1v) is 7.79. The molecule has 3 aromatic rings. The van der Waals surface area contributed by atoms with Crippen LogP contribution >= 0.6 is 23.1 Å². The number of benzene rings is 1. The number of hydrogen-bond acceptors (Lipinski definition) is 6. The number of H-pyrrole nitrogens is 1. The zero-order valence-electron chi connectivity index (χ0n) is 10.4. The lowest BCUT2D eigenvalue weighted by Crippen LogP contribution is -2.25. The van der Waals surface area contributed by atoms with Gasteiger partial charge in [-0.2, -0.15) is 5.10 Å². The van der Waals surface area contributed by atoms with Gasteiger partial charge < -0.3 is 5.32 Å². The molecule has 1 amide bonds. The Hall–Kier alpha value is -1.93. The molecule has 6 nitrogen and oxygen atoms in total.